The minimum Gasteiger partial charge on any atom is -0.339 e. The summed E-state index contributed by atoms with van der Waals surface area (Å²) in [5, 5.41) is 1.94. The normalized spacial score (nSPS) is 23.4. The third-order valence-electron chi connectivity index (χ3n) is 4.55. The molecule has 27 heavy (non-hydrogen) atoms. The predicted octanol–water partition coefficient (Wildman–Crippen LogP) is 2.38. The zero-order chi connectivity index (χ0) is 19.6. The molecule has 10 heteroatoms. The number of hydrogen-bond donors (Lipinski definition) is 0. The molecule has 0 N–H and O–H groups in total. The van der Waals surface area contributed by atoms with Gasteiger partial charge in [-0.25, -0.2) is 8.42 Å². The average Bonchev–Trinajstić information content (AvgIpc) is 3.29. The summed E-state index contributed by atoms with van der Waals surface area (Å²) < 4.78 is 23.8. The molecule has 0 spiro atoms. The van der Waals surface area contributed by atoms with E-state index in [9.17, 15) is 18.0 Å². The predicted molar refractivity (Wildman–Crippen MR) is 113 cm³/mol. The summed E-state index contributed by atoms with van der Waals surface area (Å²) >= 11 is 8.08. The summed E-state index contributed by atoms with van der Waals surface area (Å²) in [7, 11) is -3.05. The molecule has 3 heterocycles. The van der Waals surface area contributed by atoms with Gasteiger partial charge < -0.3 is 4.90 Å². The van der Waals surface area contributed by atoms with E-state index >= 15 is 0 Å². The number of hydrogen-bond acceptors (Lipinski definition) is 7. The Labute approximate surface area is 172 Å². The molecular formula is C17H20N2O4S4. The van der Waals surface area contributed by atoms with E-state index in [4.69, 9.17) is 12.2 Å². The number of nitrogens with zero attached hydrogens (tertiary/aromatic N) is 2. The molecular weight excluding hydrogens is 424 g/mol. The Hall–Kier alpha value is -1.23. The first-order chi connectivity index (χ1) is 12.8. The summed E-state index contributed by atoms with van der Waals surface area (Å²) in [5.74, 6) is -0.172. The van der Waals surface area contributed by atoms with Gasteiger partial charge in [0.2, 0.25) is 5.91 Å². The highest BCUT2D eigenvalue weighted by Gasteiger charge is 2.35. The van der Waals surface area contributed by atoms with Gasteiger partial charge in [-0.15, -0.1) is 11.3 Å². The first-order valence-electron chi connectivity index (χ1n) is 8.59. The molecule has 6 nitrogen and oxygen atoms in total. The molecule has 2 aliphatic heterocycles. The van der Waals surface area contributed by atoms with Crippen LogP contribution in [0.3, 0.4) is 0 Å². The van der Waals surface area contributed by atoms with Crippen molar-refractivity contribution < 1.29 is 18.0 Å². The van der Waals surface area contributed by atoms with Crippen LogP contribution in [0.4, 0.5) is 0 Å². The number of thioether (sulfide) groups is 1. The average molecular weight is 445 g/mol. The van der Waals surface area contributed by atoms with Crippen molar-refractivity contribution in [3.63, 3.8) is 0 Å². The monoisotopic (exact) mass is 444 g/mol. The van der Waals surface area contributed by atoms with E-state index in [1.165, 1.54) is 28.0 Å². The van der Waals surface area contributed by atoms with Gasteiger partial charge in [0.25, 0.3) is 5.91 Å². The summed E-state index contributed by atoms with van der Waals surface area (Å²) in [6.07, 6.45) is 2.42. The lowest BCUT2D eigenvalue weighted by Gasteiger charge is -2.27. The zero-order valence-electron chi connectivity index (χ0n) is 14.8. The summed E-state index contributed by atoms with van der Waals surface area (Å²) in [6, 6.07) is 3.57. The van der Waals surface area contributed by atoms with Gasteiger partial charge in [0.05, 0.1) is 16.4 Å². The van der Waals surface area contributed by atoms with Crippen molar-refractivity contribution in [3.8, 4) is 0 Å². The lowest BCUT2D eigenvalue weighted by Crippen LogP contribution is -2.42. The van der Waals surface area contributed by atoms with E-state index in [0.717, 1.165) is 4.88 Å². The second-order valence-corrected chi connectivity index (χ2v) is 11.2. The van der Waals surface area contributed by atoms with Crippen LogP contribution in [0, 0.1) is 0 Å². The van der Waals surface area contributed by atoms with Gasteiger partial charge in [0.1, 0.15) is 4.32 Å². The van der Waals surface area contributed by atoms with Crippen molar-refractivity contribution in [2.24, 2.45) is 0 Å². The maximum atomic E-state index is 12.6. The van der Waals surface area contributed by atoms with Crippen molar-refractivity contribution in [1.82, 2.24) is 9.80 Å². The maximum Gasteiger partial charge on any atom is 0.266 e. The lowest BCUT2D eigenvalue weighted by molar-refractivity contribution is -0.133. The fourth-order valence-electron chi connectivity index (χ4n) is 3.21. The van der Waals surface area contributed by atoms with E-state index in [1.807, 2.05) is 30.5 Å². The highest BCUT2D eigenvalue weighted by molar-refractivity contribution is 8.26. The Kier molecular flexibility index (Phi) is 6.39. The van der Waals surface area contributed by atoms with Gasteiger partial charge in [-0.3, -0.25) is 14.5 Å². The van der Waals surface area contributed by atoms with E-state index < -0.39 is 9.84 Å². The molecule has 0 aromatic carbocycles. The molecule has 146 valence electrons. The molecule has 1 unspecified atom stereocenters. The van der Waals surface area contributed by atoms with Crippen molar-refractivity contribution in [3.05, 3.63) is 27.3 Å². The summed E-state index contributed by atoms with van der Waals surface area (Å²) in [5.41, 5.74) is 0. The Morgan fingerprint density at radius 2 is 2.26 bits per heavy atom. The van der Waals surface area contributed by atoms with Gasteiger partial charge in [-0.1, -0.05) is 30.0 Å². The maximum absolute atomic E-state index is 12.6. The van der Waals surface area contributed by atoms with E-state index in [2.05, 4.69) is 0 Å². The van der Waals surface area contributed by atoms with Crippen LogP contribution in [0.1, 0.15) is 24.6 Å². The molecule has 1 aromatic rings. The number of sulfone groups is 1. The molecule has 0 aliphatic carbocycles. The Balaban J connectivity index is 1.61. The molecule has 2 saturated heterocycles. The third kappa shape index (κ3) is 4.79. The third-order valence-corrected chi connectivity index (χ3v) is 8.50. The Bertz CT molecular complexity index is 877. The van der Waals surface area contributed by atoms with Crippen molar-refractivity contribution in [1.29, 1.82) is 0 Å². The van der Waals surface area contributed by atoms with Crippen LogP contribution in [-0.4, -0.2) is 65.0 Å². The quantitative estimate of drug-likeness (QED) is 0.495. The first-order valence-corrected chi connectivity index (χ1v) is 12.5. The van der Waals surface area contributed by atoms with Crippen molar-refractivity contribution in [2.75, 3.05) is 24.6 Å². The second kappa shape index (κ2) is 8.42. The number of rotatable bonds is 6. The van der Waals surface area contributed by atoms with Crippen LogP contribution in [0.5, 0.6) is 0 Å². The SMILES string of the molecule is CCN(C(=O)CCN1C(=O)/C(=C/c2cccs2)SC1=S)C1CCS(=O)(=O)C1. The fraction of sp³-hybridized carbons (Fsp3) is 0.471. The molecule has 1 aromatic heterocycles. The van der Waals surface area contributed by atoms with Gasteiger partial charge in [0.15, 0.2) is 9.84 Å². The lowest BCUT2D eigenvalue weighted by atomic mass is 10.2. The van der Waals surface area contributed by atoms with Crippen molar-refractivity contribution >= 4 is 67.4 Å². The fourth-order valence-corrected chi connectivity index (χ4v) is 6.97. The number of thiophene rings is 1. The van der Waals surface area contributed by atoms with Gasteiger partial charge in [-0.05, 0) is 30.9 Å². The molecule has 2 amide bonds. The van der Waals surface area contributed by atoms with Crippen LogP contribution in [0.25, 0.3) is 6.08 Å². The van der Waals surface area contributed by atoms with Crippen LogP contribution in [0.2, 0.25) is 0 Å². The standard InChI is InChI=1S/C17H20N2O4S4/c1-2-18(12-6-9-27(22,23)11-12)15(20)5-7-19-16(21)14(26-17(19)24)10-13-4-3-8-25-13/h3-4,8,10,12H,2,5-7,9,11H2,1H3/b14-10-. The molecule has 0 radical (unpaired) electrons. The Morgan fingerprint density at radius 3 is 2.85 bits per heavy atom. The second-order valence-electron chi connectivity index (χ2n) is 6.34. The molecule has 3 rings (SSSR count). The van der Waals surface area contributed by atoms with Crippen LogP contribution < -0.4 is 0 Å². The number of thiocarbonyl (C=S) groups is 1. The van der Waals surface area contributed by atoms with Crippen molar-refractivity contribution in [2.45, 2.75) is 25.8 Å². The smallest absolute Gasteiger partial charge is 0.266 e. The minimum absolute atomic E-state index is 0.0250. The van der Waals surface area contributed by atoms with Crippen LogP contribution >= 0.6 is 35.3 Å². The van der Waals surface area contributed by atoms with E-state index in [0.29, 0.717) is 22.2 Å². The molecule has 0 bridgehead atoms. The van der Waals surface area contributed by atoms with Gasteiger partial charge in [0, 0.05) is 30.4 Å². The number of carbonyl (C=O) groups excluding carboxylic acids is 2. The minimum atomic E-state index is -3.05. The largest absolute Gasteiger partial charge is 0.339 e. The van der Waals surface area contributed by atoms with E-state index in [1.54, 1.807) is 4.90 Å². The summed E-state index contributed by atoms with van der Waals surface area (Å²) in [6.45, 7) is 2.50. The number of carbonyl (C=O) groups is 2. The van der Waals surface area contributed by atoms with Gasteiger partial charge in [-0.2, -0.15) is 0 Å². The highest BCUT2D eigenvalue weighted by atomic mass is 32.2. The molecule has 2 aliphatic rings. The summed E-state index contributed by atoms with van der Waals surface area (Å²) in [4.78, 5) is 29.8. The number of amides is 2. The molecule has 2 fully saturated rings. The highest BCUT2D eigenvalue weighted by Crippen LogP contribution is 2.33. The molecule has 0 saturated carbocycles. The Morgan fingerprint density at radius 1 is 1.48 bits per heavy atom. The zero-order valence-corrected chi connectivity index (χ0v) is 18.1. The molecule has 1 atom stereocenters. The first kappa shape index (κ1) is 20.5. The van der Waals surface area contributed by atoms with E-state index in [-0.39, 0.29) is 42.3 Å². The van der Waals surface area contributed by atoms with Crippen LogP contribution in [-0.2, 0) is 19.4 Å². The topological polar surface area (TPSA) is 74.8 Å². The van der Waals surface area contributed by atoms with Gasteiger partial charge >= 0.3 is 0 Å². The van der Waals surface area contributed by atoms with Crippen LogP contribution in [0.15, 0.2) is 22.4 Å².